The Kier molecular flexibility index (Phi) is 2.78. The number of amides is 1. The van der Waals surface area contributed by atoms with Crippen molar-refractivity contribution in [1.82, 2.24) is 9.78 Å². The molecular formula is C14H14N4O2. The SMILES string of the molecule is CN(Cc1cnn(C)c1)c1ccc2c(c1)NC(=O)C2=O. The molecule has 0 saturated heterocycles. The highest BCUT2D eigenvalue weighted by Gasteiger charge is 2.28. The van der Waals surface area contributed by atoms with Crippen molar-refractivity contribution in [3.8, 4) is 0 Å². The molecular weight excluding hydrogens is 256 g/mol. The number of anilines is 2. The van der Waals surface area contributed by atoms with Crippen molar-refractivity contribution in [2.45, 2.75) is 6.54 Å². The summed E-state index contributed by atoms with van der Waals surface area (Å²) in [6.45, 7) is 0.703. The van der Waals surface area contributed by atoms with Gasteiger partial charge in [0.1, 0.15) is 0 Å². The molecule has 0 fully saturated rings. The van der Waals surface area contributed by atoms with Gasteiger partial charge < -0.3 is 10.2 Å². The predicted octanol–water partition coefficient (Wildman–Crippen LogP) is 1.19. The first-order valence-corrected chi connectivity index (χ1v) is 6.23. The zero-order valence-corrected chi connectivity index (χ0v) is 11.3. The Morgan fingerprint density at radius 3 is 2.85 bits per heavy atom. The van der Waals surface area contributed by atoms with Crippen LogP contribution in [0.25, 0.3) is 0 Å². The maximum atomic E-state index is 11.5. The number of aryl methyl sites for hydroxylation is 1. The predicted molar refractivity (Wildman–Crippen MR) is 74.7 cm³/mol. The molecule has 1 aliphatic rings. The van der Waals surface area contributed by atoms with E-state index in [2.05, 4.69) is 10.4 Å². The summed E-state index contributed by atoms with van der Waals surface area (Å²) in [6.07, 6.45) is 3.77. The van der Waals surface area contributed by atoms with E-state index in [9.17, 15) is 9.59 Å². The molecule has 1 amide bonds. The minimum absolute atomic E-state index is 0.438. The topological polar surface area (TPSA) is 67.2 Å². The molecule has 0 aliphatic carbocycles. The Balaban J connectivity index is 1.83. The van der Waals surface area contributed by atoms with Gasteiger partial charge in [-0.1, -0.05) is 0 Å². The molecule has 1 aromatic heterocycles. The standard InChI is InChI=1S/C14H14N4O2/c1-17(7-9-6-15-18(2)8-9)10-3-4-11-12(5-10)16-14(20)13(11)19/h3-6,8H,7H2,1-2H3,(H,16,19,20). The van der Waals surface area contributed by atoms with Gasteiger partial charge in [-0.3, -0.25) is 14.3 Å². The fourth-order valence-corrected chi connectivity index (χ4v) is 2.29. The largest absolute Gasteiger partial charge is 0.370 e. The van der Waals surface area contributed by atoms with Gasteiger partial charge in [0, 0.05) is 38.1 Å². The lowest BCUT2D eigenvalue weighted by molar-refractivity contribution is -0.112. The molecule has 6 nitrogen and oxygen atoms in total. The Morgan fingerprint density at radius 1 is 1.35 bits per heavy atom. The molecule has 0 bridgehead atoms. The first-order valence-electron chi connectivity index (χ1n) is 6.23. The Hall–Kier alpha value is -2.63. The average Bonchev–Trinajstić information content (AvgIpc) is 2.94. The van der Waals surface area contributed by atoms with Crippen LogP contribution in [0.15, 0.2) is 30.6 Å². The maximum absolute atomic E-state index is 11.5. The number of carbonyl (C=O) groups is 2. The highest BCUT2D eigenvalue weighted by Crippen LogP contribution is 2.28. The first kappa shape index (κ1) is 12.4. The highest BCUT2D eigenvalue weighted by atomic mass is 16.2. The Labute approximate surface area is 116 Å². The molecule has 3 rings (SSSR count). The number of benzene rings is 1. The van der Waals surface area contributed by atoms with Gasteiger partial charge in [-0.25, -0.2) is 0 Å². The van der Waals surface area contributed by atoms with Crippen LogP contribution in [-0.2, 0) is 18.4 Å². The first-order chi connectivity index (χ1) is 9.54. The maximum Gasteiger partial charge on any atom is 0.296 e. The van der Waals surface area contributed by atoms with E-state index >= 15 is 0 Å². The molecule has 6 heteroatoms. The number of carbonyl (C=O) groups excluding carboxylic acids is 2. The molecule has 0 unspecified atom stereocenters. The summed E-state index contributed by atoms with van der Waals surface area (Å²) < 4.78 is 1.75. The number of Topliss-reactive ketones (excluding diaryl/α,β-unsaturated/α-hetero) is 1. The third kappa shape index (κ3) is 2.05. The lowest BCUT2D eigenvalue weighted by Crippen LogP contribution is -2.16. The van der Waals surface area contributed by atoms with E-state index in [1.807, 2.05) is 43.5 Å². The van der Waals surface area contributed by atoms with Gasteiger partial charge in [0.15, 0.2) is 0 Å². The van der Waals surface area contributed by atoms with Crippen molar-refractivity contribution in [2.24, 2.45) is 7.05 Å². The number of aromatic nitrogens is 2. The number of rotatable bonds is 3. The van der Waals surface area contributed by atoms with Gasteiger partial charge >= 0.3 is 0 Å². The summed E-state index contributed by atoms with van der Waals surface area (Å²) in [5.41, 5.74) is 3.04. The van der Waals surface area contributed by atoms with Gasteiger partial charge in [0.25, 0.3) is 11.7 Å². The van der Waals surface area contributed by atoms with E-state index in [-0.39, 0.29) is 0 Å². The summed E-state index contributed by atoms with van der Waals surface area (Å²) in [4.78, 5) is 24.9. The van der Waals surface area contributed by atoms with E-state index in [0.29, 0.717) is 17.8 Å². The van der Waals surface area contributed by atoms with E-state index in [0.717, 1.165) is 11.3 Å². The summed E-state index contributed by atoms with van der Waals surface area (Å²) in [5.74, 6) is -1.03. The van der Waals surface area contributed by atoms with Crippen LogP contribution in [0.5, 0.6) is 0 Å². The monoisotopic (exact) mass is 270 g/mol. The normalized spacial score (nSPS) is 13.3. The highest BCUT2D eigenvalue weighted by molar-refractivity contribution is 6.51. The summed E-state index contributed by atoms with van der Waals surface area (Å²) in [7, 11) is 3.83. The lowest BCUT2D eigenvalue weighted by atomic mass is 10.1. The summed E-state index contributed by atoms with van der Waals surface area (Å²) in [6, 6.07) is 5.34. The van der Waals surface area contributed by atoms with Crippen molar-refractivity contribution in [1.29, 1.82) is 0 Å². The van der Waals surface area contributed by atoms with Crippen LogP contribution in [0.1, 0.15) is 15.9 Å². The van der Waals surface area contributed by atoms with Crippen LogP contribution in [0.3, 0.4) is 0 Å². The van der Waals surface area contributed by atoms with E-state index < -0.39 is 11.7 Å². The number of nitrogens with zero attached hydrogens (tertiary/aromatic N) is 3. The third-order valence-corrected chi connectivity index (χ3v) is 3.32. The van der Waals surface area contributed by atoms with Gasteiger partial charge in [0.2, 0.25) is 0 Å². The molecule has 0 atom stereocenters. The van der Waals surface area contributed by atoms with E-state index in [1.54, 1.807) is 10.7 Å². The van der Waals surface area contributed by atoms with E-state index in [1.165, 1.54) is 0 Å². The Morgan fingerprint density at radius 2 is 2.15 bits per heavy atom. The molecule has 102 valence electrons. The minimum Gasteiger partial charge on any atom is -0.370 e. The van der Waals surface area contributed by atoms with Crippen molar-refractivity contribution in [3.63, 3.8) is 0 Å². The molecule has 0 saturated carbocycles. The lowest BCUT2D eigenvalue weighted by Gasteiger charge is -2.19. The van der Waals surface area contributed by atoms with Crippen molar-refractivity contribution in [3.05, 3.63) is 41.7 Å². The van der Waals surface area contributed by atoms with E-state index in [4.69, 9.17) is 0 Å². The molecule has 0 spiro atoms. The zero-order chi connectivity index (χ0) is 14.3. The van der Waals surface area contributed by atoms with Crippen molar-refractivity contribution >= 4 is 23.1 Å². The van der Waals surface area contributed by atoms with Gasteiger partial charge in [-0.15, -0.1) is 0 Å². The fraction of sp³-hybridized carbons (Fsp3) is 0.214. The van der Waals surface area contributed by atoms with Crippen LogP contribution in [-0.4, -0.2) is 28.5 Å². The van der Waals surface area contributed by atoms with Gasteiger partial charge in [-0.2, -0.15) is 5.10 Å². The molecule has 1 aromatic carbocycles. The van der Waals surface area contributed by atoms with Crippen LogP contribution in [0.4, 0.5) is 11.4 Å². The van der Waals surface area contributed by atoms with Crippen molar-refractivity contribution < 1.29 is 9.59 Å². The average molecular weight is 270 g/mol. The van der Waals surface area contributed by atoms with Crippen LogP contribution >= 0.6 is 0 Å². The molecule has 0 radical (unpaired) electrons. The quantitative estimate of drug-likeness (QED) is 0.851. The molecule has 1 aliphatic heterocycles. The molecule has 20 heavy (non-hydrogen) atoms. The summed E-state index contributed by atoms with van der Waals surface area (Å²) in [5, 5.41) is 6.71. The second kappa shape index (κ2) is 4.48. The van der Waals surface area contributed by atoms with Crippen LogP contribution in [0, 0.1) is 0 Å². The zero-order valence-electron chi connectivity index (χ0n) is 11.3. The summed E-state index contributed by atoms with van der Waals surface area (Å²) >= 11 is 0. The Bertz CT molecular complexity index is 705. The number of hydrogen-bond acceptors (Lipinski definition) is 4. The van der Waals surface area contributed by atoms with Crippen LogP contribution in [0.2, 0.25) is 0 Å². The molecule has 1 N–H and O–H groups in total. The number of fused-ring (bicyclic) bond motifs is 1. The molecule has 2 aromatic rings. The number of ketones is 1. The second-order valence-corrected chi connectivity index (χ2v) is 4.89. The van der Waals surface area contributed by atoms with Gasteiger partial charge in [-0.05, 0) is 18.2 Å². The van der Waals surface area contributed by atoms with Gasteiger partial charge in [0.05, 0.1) is 17.4 Å². The molecule has 2 heterocycles. The fourth-order valence-electron chi connectivity index (χ4n) is 2.29. The van der Waals surface area contributed by atoms with Crippen molar-refractivity contribution in [2.75, 3.05) is 17.3 Å². The third-order valence-electron chi connectivity index (χ3n) is 3.32. The smallest absolute Gasteiger partial charge is 0.296 e. The number of nitrogens with one attached hydrogen (secondary N) is 1. The minimum atomic E-state index is -0.563. The van der Waals surface area contributed by atoms with Crippen LogP contribution < -0.4 is 10.2 Å². The number of hydrogen-bond donors (Lipinski definition) is 1. The second-order valence-electron chi connectivity index (χ2n) is 4.89.